The van der Waals surface area contributed by atoms with Crippen molar-refractivity contribution >= 4 is 51.6 Å². The van der Waals surface area contributed by atoms with E-state index in [9.17, 15) is 14.4 Å². The summed E-state index contributed by atoms with van der Waals surface area (Å²) in [4.78, 5) is 42.9. The van der Waals surface area contributed by atoms with Gasteiger partial charge < -0.3 is 10.1 Å². The maximum Gasteiger partial charge on any atom is 0.350 e. The monoisotopic (exact) mass is 479 g/mol. The fraction of sp³-hybridized carbons (Fsp3) is 0.167. The Morgan fingerprint density at radius 2 is 1.94 bits per heavy atom. The molecule has 1 N–H and O–H groups in total. The minimum absolute atomic E-state index is 0.00610. The zero-order valence-electron chi connectivity index (χ0n) is 18.2. The van der Waals surface area contributed by atoms with E-state index in [0.29, 0.717) is 26.6 Å². The third-order valence-electron chi connectivity index (χ3n) is 4.98. The van der Waals surface area contributed by atoms with Crippen LogP contribution < -0.4 is 10.9 Å². The Morgan fingerprint density at radius 3 is 2.70 bits per heavy atom. The smallest absolute Gasteiger partial charge is 0.350 e. The lowest BCUT2D eigenvalue weighted by atomic mass is 10.1. The van der Waals surface area contributed by atoms with Gasteiger partial charge in [-0.05, 0) is 49.1 Å². The fourth-order valence-corrected chi connectivity index (χ4v) is 5.02. The van der Waals surface area contributed by atoms with Gasteiger partial charge in [0.05, 0.1) is 35.1 Å². The second-order valence-corrected chi connectivity index (χ2v) is 9.19. The molecule has 0 saturated carbocycles. The van der Waals surface area contributed by atoms with Crippen molar-refractivity contribution in [2.75, 3.05) is 18.2 Å². The number of anilines is 1. The third kappa shape index (κ3) is 4.69. The predicted octanol–water partition coefficient (Wildman–Crippen LogP) is 4.58. The number of fused-ring (bicyclic) bond motifs is 1. The number of benzene rings is 2. The van der Waals surface area contributed by atoms with Crippen LogP contribution >= 0.6 is 23.1 Å². The molecule has 0 atom stereocenters. The van der Waals surface area contributed by atoms with Gasteiger partial charge >= 0.3 is 5.97 Å². The number of amides is 1. The molecule has 7 nitrogen and oxygen atoms in total. The van der Waals surface area contributed by atoms with E-state index in [-0.39, 0.29) is 17.2 Å². The van der Waals surface area contributed by atoms with Crippen molar-refractivity contribution in [2.45, 2.75) is 19.0 Å². The molecule has 2 aromatic carbocycles. The van der Waals surface area contributed by atoms with Crippen LogP contribution in [-0.4, -0.2) is 34.3 Å². The van der Waals surface area contributed by atoms with Gasteiger partial charge in [-0.2, -0.15) is 0 Å². The Hall–Kier alpha value is -3.43. The van der Waals surface area contributed by atoms with Gasteiger partial charge in [-0.3, -0.25) is 14.2 Å². The average Bonchev–Trinajstić information content (AvgIpc) is 3.26. The number of thiophene rings is 1. The zero-order chi connectivity index (χ0) is 23.5. The highest BCUT2D eigenvalue weighted by Gasteiger charge is 2.18. The molecule has 168 valence electrons. The van der Waals surface area contributed by atoms with Gasteiger partial charge in [-0.15, -0.1) is 11.3 Å². The number of rotatable bonds is 6. The number of methoxy groups -OCH3 is 1. The summed E-state index contributed by atoms with van der Waals surface area (Å²) in [5.41, 5.74) is 3.51. The largest absolute Gasteiger partial charge is 0.465 e. The van der Waals surface area contributed by atoms with Gasteiger partial charge in [0, 0.05) is 0 Å². The first-order valence-electron chi connectivity index (χ1n) is 10.1. The number of aryl methyl sites for hydroxylation is 2. The van der Waals surface area contributed by atoms with Crippen LogP contribution in [0.2, 0.25) is 0 Å². The molecule has 2 heterocycles. The highest BCUT2D eigenvalue weighted by Crippen LogP contribution is 2.26. The summed E-state index contributed by atoms with van der Waals surface area (Å²) < 4.78 is 6.31. The van der Waals surface area contributed by atoms with E-state index in [0.717, 1.165) is 28.6 Å². The highest BCUT2D eigenvalue weighted by atomic mass is 32.2. The number of carbonyl (C=O) groups excluding carboxylic acids is 2. The number of nitrogens with one attached hydrogen (secondary N) is 1. The summed E-state index contributed by atoms with van der Waals surface area (Å²) in [5, 5.41) is 5.37. The molecule has 33 heavy (non-hydrogen) atoms. The summed E-state index contributed by atoms with van der Waals surface area (Å²) in [5.74, 6) is -0.822. The SMILES string of the molecule is COC(=O)c1sccc1NC(=O)CSc1nc2ccccc2c(=O)n1-c1ccc(C)cc1C. The van der Waals surface area contributed by atoms with Gasteiger partial charge in [0.15, 0.2) is 5.16 Å². The molecule has 0 spiro atoms. The Bertz CT molecular complexity index is 1420. The van der Waals surface area contributed by atoms with Crippen molar-refractivity contribution in [3.05, 3.63) is 80.3 Å². The van der Waals surface area contributed by atoms with E-state index < -0.39 is 5.97 Å². The highest BCUT2D eigenvalue weighted by molar-refractivity contribution is 7.99. The lowest BCUT2D eigenvalue weighted by Gasteiger charge is -2.15. The second kappa shape index (κ2) is 9.60. The molecule has 0 saturated heterocycles. The van der Waals surface area contributed by atoms with E-state index in [1.54, 1.807) is 34.2 Å². The van der Waals surface area contributed by atoms with Crippen LogP contribution in [-0.2, 0) is 9.53 Å². The summed E-state index contributed by atoms with van der Waals surface area (Å²) in [6.45, 7) is 3.93. The summed E-state index contributed by atoms with van der Waals surface area (Å²) in [7, 11) is 1.29. The number of hydrogen-bond acceptors (Lipinski definition) is 7. The summed E-state index contributed by atoms with van der Waals surface area (Å²) in [6.07, 6.45) is 0. The van der Waals surface area contributed by atoms with Crippen molar-refractivity contribution in [1.82, 2.24) is 9.55 Å². The number of nitrogens with zero attached hydrogens (tertiary/aromatic N) is 2. The van der Waals surface area contributed by atoms with Crippen molar-refractivity contribution in [3.8, 4) is 5.69 Å². The molecule has 0 aliphatic heterocycles. The minimum Gasteiger partial charge on any atom is -0.465 e. The molecular weight excluding hydrogens is 458 g/mol. The maximum atomic E-state index is 13.4. The number of ether oxygens (including phenoxy) is 1. The first-order valence-corrected chi connectivity index (χ1v) is 11.9. The lowest BCUT2D eigenvalue weighted by molar-refractivity contribution is -0.113. The maximum absolute atomic E-state index is 13.4. The van der Waals surface area contributed by atoms with Gasteiger partial charge in [-0.1, -0.05) is 41.6 Å². The molecule has 0 radical (unpaired) electrons. The summed E-state index contributed by atoms with van der Waals surface area (Å²) in [6, 6.07) is 14.6. The Morgan fingerprint density at radius 1 is 1.15 bits per heavy atom. The number of aromatic nitrogens is 2. The number of carbonyl (C=O) groups is 2. The molecule has 0 aliphatic carbocycles. The zero-order valence-corrected chi connectivity index (χ0v) is 19.9. The molecule has 4 rings (SSSR count). The molecule has 9 heteroatoms. The van der Waals surface area contributed by atoms with E-state index in [4.69, 9.17) is 4.74 Å². The third-order valence-corrected chi connectivity index (χ3v) is 6.81. The van der Waals surface area contributed by atoms with Crippen LogP contribution in [0.5, 0.6) is 0 Å². The van der Waals surface area contributed by atoms with Crippen molar-refractivity contribution in [1.29, 1.82) is 0 Å². The van der Waals surface area contributed by atoms with Gasteiger partial charge in [-0.25, -0.2) is 9.78 Å². The number of esters is 1. The van der Waals surface area contributed by atoms with Crippen LogP contribution in [0.4, 0.5) is 5.69 Å². The number of para-hydroxylation sites is 1. The number of thioether (sulfide) groups is 1. The quantitative estimate of drug-likeness (QED) is 0.247. The van der Waals surface area contributed by atoms with Crippen LogP contribution in [0.15, 0.2) is 63.9 Å². The standard InChI is InChI=1S/C24H21N3O4S2/c1-14-8-9-19(15(2)12-14)27-22(29)16-6-4-5-7-17(16)26-24(27)33-13-20(28)25-18-10-11-32-21(18)23(30)31-3/h4-12H,13H2,1-3H3,(H,25,28). The molecular formula is C24H21N3O4S2. The van der Waals surface area contributed by atoms with Crippen LogP contribution in [0.1, 0.15) is 20.8 Å². The lowest BCUT2D eigenvalue weighted by Crippen LogP contribution is -2.23. The average molecular weight is 480 g/mol. The van der Waals surface area contributed by atoms with Gasteiger partial charge in [0.1, 0.15) is 4.88 Å². The number of hydrogen-bond donors (Lipinski definition) is 1. The Labute approximate surface area is 198 Å². The predicted molar refractivity (Wildman–Crippen MR) is 132 cm³/mol. The molecule has 0 bridgehead atoms. The normalized spacial score (nSPS) is 10.9. The molecule has 1 amide bonds. The fourth-order valence-electron chi connectivity index (χ4n) is 3.45. The molecule has 0 fully saturated rings. The van der Waals surface area contributed by atoms with Crippen molar-refractivity contribution in [2.24, 2.45) is 0 Å². The van der Waals surface area contributed by atoms with Gasteiger partial charge in [0.2, 0.25) is 5.91 Å². The van der Waals surface area contributed by atoms with E-state index >= 15 is 0 Å². The van der Waals surface area contributed by atoms with Crippen LogP contribution in [0.3, 0.4) is 0 Å². The first kappa shape index (κ1) is 22.8. The van der Waals surface area contributed by atoms with E-state index in [1.165, 1.54) is 18.4 Å². The Kier molecular flexibility index (Phi) is 6.62. The van der Waals surface area contributed by atoms with Crippen molar-refractivity contribution in [3.63, 3.8) is 0 Å². The molecule has 2 aromatic heterocycles. The van der Waals surface area contributed by atoms with Crippen LogP contribution in [0.25, 0.3) is 16.6 Å². The van der Waals surface area contributed by atoms with Crippen LogP contribution in [0, 0.1) is 13.8 Å². The minimum atomic E-state index is -0.507. The first-order chi connectivity index (χ1) is 15.9. The van der Waals surface area contributed by atoms with Crippen molar-refractivity contribution < 1.29 is 14.3 Å². The summed E-state index contributed by atoms with van der Waals surface area (Å²) >= 11 is 2.35. The molecule has 0 aliphatic rings. The van der Waals surface area contributed by atoms with E-state index in [2.05, 4.69) is 10.3 Å². The van der Waals surface area contributed by atoms with Gasteiger partial charge in [0.25, 0.3) is 5.56 Å². The topological polar surface area (TPSA) is 90.3 Å². The second-order valence-electron chi connectivity index (χ2n) is 7.33. The Balaban J connectivity index is 1.67. The van der Waals surface area contributed by atoms with E-state index in [1.807, 2.05) is 38.1 Å². The molecule has 0 unspecified atom stereocenters. The molecule has 4 aromatic rings.